The molecule has 2 N–H and O–H groups in total. The van der Waals surface area contributed by atoms with Crippen molar-refractivity contribution in [1.29, 1.82) is 0 Å². The molecule has 0 unspecified atom stereocenters. The predicted octanol–water partition coefficient (Wildman–Crippen LogP) is 2.45. The first-order chi connectivity index (χ1) is 16.2. The molecule has 34 heavy (non-hydrogen) atoms. The second kappa shape index (κ2) is 7.45. The standard InChI is InChI=1S/C24H25N3O5S2/c1-9(23(30)31)27-21(28)16-12-8-13(17(16)22(27)29)18-15(12)14(19-20(33-18)25-24(32)34-19)10-4-6-11(7-5-10)26(2)3/h4-7,9,12-18H,8H2,1-3H3,(H,25,32)(H,30,31)/t9-,12-,13-,14+,15-,16+,17-,18-/m1/s1. The molecule has 2 aromatic rings. The van der Waals surface area contributed by atoms with E-state index < -0.39 is 23.8 Å². The van der Waals surface area contributed by atoms with E-state index in [-0.39, 0.29) is 45.6 Å². The number of carboxylic acids is 1. The SMILES string of the molecule is C[C@H](C(=O)O)N1C(=O)[C@@H]2[C@H]3C[C@@H]([C@@H]2C1=O)[C@@H]1[C@H](c2ccc(N(C)C)cc2)c2sc(=O)[nH]c2S[C@H]31. The van der Waals surface area contributed by atoms with Crippen molar-refractivity contribution in [2.24, 2.45) is 29.6 Å². The van der Waals surface area contributed by atoms with Crippen molar-refractivity contribution in [1.82, 2.24) is 9.88 Å². The van der Waals surface area contributed by atoms with Crippen molar-refractivity contribution in [2.75, 3.05) is 19.0 Å². The molecule has 0 radical (unpaired) electrons. The lowest BCUT2D eigenvalue weighted by molar-refractivity contribution is -0.154. The number of benzene rings is 1. The Balaban J connectivity index is 1.43. The van der Waals surface area contributed by atoms with Gasteiger partial charge in [-0.05, 0) is 48.8 Å². The minimum Gasteiger partial charge on any atom is -0.480 e. The van der Waals surface area contributed by atoms with Crippen molar-refractivity contribution in [3.05, 3.63) is 44.4 Å². The Morgan fingerprint density at radius 2 is 1.76 bits per heavy atom. The van der Waals surface area contributed by atoms with Crippen LogP contribution in [0.3, 0.4) is 0 Å². The van der Waals surface area contributed by atoms with Crippen LogP contribution in [0.5, 0.6) is 0 Å². The number of amides is 2. The van der Waals surface area contributed by atoms with Crippen LogP contribution in [-0.4, -0.2) is 58.2 Å². The van der Waals surface area contributed by atoms with E-state index in [1.807, 2.05) is 19.0 Å². The second-order valence-electron chi connectivity index (χ2n) is 10.0. The fourth-order valence-corrected chi connectivity index (χ4v) is 9.77. The van der Waals surface area contributed by atoms with Crippen molar-refractivity contribution in [3.63, 3.8) is 0 Å². The second-order valence-corrected chi connectivity index (χ2v) is 12.2. The number of aromatic nitrogens is 1. The molecule has 1 aromatic heterocycles. The summed E-state index contributed by atoms with van der Waals surface area (Å²) >= 11 is 2.87. The lowest BCUT2D eigenvalue weighted by Gasteiger charge is -2.43. The minimum atomic E-state index is -1.17. The Hall–Kier alpha value is -2.59. The number of hydrogen-bond donors (Lipinski definition) is 2. The van der Waals surface area contributed by atoms with Crippen LogP contribution in [0.15, 0.2) is 34.1 Å². The van der Waals surface area contributed by atoms with Gasteiger partial charge in [0.05, 0.1) is 16.9 Å². The molecule has 8 nitrogen and oxygen atoms in total. The lowest BCUT2D eigenvalue weighted by atomic mass is 9.68. The molecule has 10 heteroatoms. The normalized spacial score (nSPS) is 34.1. The van der Waals surface area contributed by atoms with Gasteiger partial charge >= 0.3 is 10.8 Å². The molecule has 2 aliphatic carbocycles. The van der Waals surface area contributed by atoms with Gasteiger partial charge in [-0.3, -0.25) is 19.3 Å². The summed E-state index contributed by atoms with van der Waals surface area (Å²) in [7, 11) is 3.97. The quantitative estimate of drug-likeness (QED) is 0.622. The molecule has 2 amide bonds. The molecule has 2 aliphatic heterocycles. The van der Waals surface area contributed by atoms with Crippen molar-refractivity contribution >= 4 is 46.6 Å². The Labute approximate surface area is 204 Å². The van der Waals surface area contributed by atoms with Gasteiger partial charge in [0.2, 0.25) is 11.8 Å². The molecule has 1 saturated heterocycles. The first-order valence-corrected chi connectivity index (χ1v) is 13.1. The number of anilines is 1. The van der Waals surface area contributed by atoms with E-state index in [0.717, 1.165) is 32.5 Å². The molecule has 178 valence electrons. The first-order valence-electron chi connectivity index (χ1n) is 11.5. The molecule has 2 bridgehead atoms. The van der Waals surface area contributed by atoms with Gasteiger partial charge < -0.3 is 15.0 Å². The highest BCUT2D eigenvalue weighted by Crippen LogP contribution is 2.68. The van der Waals surface area contributed by atoms with Crippen LogP contribution in [0.2, 0.25) is 0 Å². The molecular weight excluding hydrogens is 474 g/mol. The molecule has 3 fully saturated rings. The third-order valence-electron chi connectivity index (χ3n) is 8.27. The van der Waals surface area contributed by atoms with Gasteiger partial charge in [0.25, 0.3) is 0 Å². The van der Waals surface area contributed by atoms with E-state index in [2.05, 4.69) is 29.2 Å². The van der Waals surface area contributed by atoms with Crippen molar-refractivity contribution in [3.8, 4) is 0 Å². The van der Waals surface area contributed by atoms with Crippen LogP contribution in [0.25, 0.3) is 0 Å². The summed E-state index contributed by atoms with van der Waals surface area (Å²) in [5, 5.41) is 10.4. The number of aromatic amines is 1. The van der Waals surface area contributed by atoms with E-state index in [1.54, 1.807) is 11.8 Å². The number of H-pyrrole nitrogens is 1. The summed E-state index contributed by atoms with van der Waals surface area (Å²) in [5.41, 5.74) is 2.19. The monoisotopic (exact) mass is 499 g/mol. The van der Waals surface area contributed by atoms with Crippen molar-refractivity contribution in [2.45, 2.75) is 35.6 Å². The number of likely N-dealkylation sites (tertiary alicyclic amines) is 1. The third kappa shape index (κ3) is 2.84. The number of hydrogen-bond acceptors (Lipinski definition) is 7. The predicted molar refractivity (Wildman–Crippen MR) is 128 cm³/mol. The molecule has 4 aliphatic rings. The molecule has 6 rings (SSSR count). The smallest absolute Gasteiger partial charge is 0.326 e. The van der Waals surface area contributed by atoms with E-state index in [9.17, 15) is 24.3 Å². The van der Waals surface area contributed by atoms with Gasteiger partial charge in [0.15, 0.2) is 0 Å². The van der Waals surface area contributed by atoms with Gasteiger partial charge in [-0.15, -0.1) is 11.8 Å². The number of fused-ring (bicyclic) bond motifs is 9. The Kier molecular flexibility index (Phi) is 4.80. The zero-order valence-electron chi connectivity index (χ0n) is 18.9. The largest absolute Gasteiger partial charge is 0.480 e. The van der Waals surface area contributed by atoms with Crippen molar-refractivity contribution < 1.29 is 19.5 Å². The van der Waals surface area contributed by atoms with Crippen LogP contribution in [0.1, 0.15) is 29.7 Å². The number of nitrogens with one attached hydrogen (secondary N) is 1. The Morgan fingerprint density at radius 3 is 2.38 bits per heavy atom. The van der Waals surface area contributed by atoms with Crippen LogP contribution in [0.4, 0.5) is 5.69 Å². The summed E-state index contributed by atoms with van der Waals surface area (Å²) in [4.78, 5) is 57.6. The topological polar surface area (TPSA) is 111 Å². The number of imide groups is 1. The molecule has 8 atom stereocenters. The summed E-state index contributed by atoms with van der Waals surface area (Å²) in [6.45, 7) is 1.40. The maximum atomic E-state index is 13.4. The molecule has 3 heterocycles. The molecule has 0 spiro atoms. The van der Waals surface area contributed by atoms with E-state index in [1.165, 1.54) is 18.3 Å². The zero-order chi connectivity index (χ0) is 24.0. The van der Waals surface area contributed by atoms with Gasteiger partial charge in [-0.2, -0.15) is 0 Å². The highest BCUT2D eigenvalue weighted by molar-refractivity contribution is 8.00. The Morgan fingerprint density at radius 1 is 1.12 bits per heavy atom. The first kappa shape index (κ1) is 21.9. The fraction of sp³-hybridized carbons (Fsp3) is 0.500. The van der Waals surface area contributed by atoms with Gasteiger partial charge in [0, 0.05) is 35.8 Å². The summed E-state index contributed by atoms with van der Waals surface area (Å²) in [5.74, 6) is -2.73. The lowest BCUT2D eigenvalue weighted by Crippen LogP contribution is -2.44. The van der Waals surface area contributed by atoms with Gasteiger partial charge in [-0.25, -0.2) is 4.79 Å². The number of carbonyl (C=O) groups is 3. The van der Waals surface area contributed by atoms with Gasteiger partial charge in [0.1, 0.15) is 6.04 Å². The fourth-order valence-electron chi connectivity index (χ4n) is 6.89. The number of rotatable bonds is 4. The van der Waals surface area contributed by atoms with Gasteiger partial charge in [-0.1, -0.05) is 23.5 Å². The van der Waals surface area contributed by atoms with E-state index in [4.69, 9.17) is 0 Å². The zero-order valence-corrected chi connectivity index (χ0v) is 20.6. The highest BCUT2D eigenvalue weighted by Gasteiger charge is 2.70. The number of nitrogens with zero attached hydrogens (tertiary/aromatic N) is 2. The van der Waals surface area contributed by atoms with E-state index in [0.29, 0.717) is 0 Å². The summed E-state index contributed by atoms with van der Waals surface area (Å²) in [6.07, 6.45) is 0.788. The number of thiazole rings is 1. The molecule has 2 saturated carbocycles. The number of carboxylic acid groups (broad SMARTS) is 1. The maximum Gasteiger partial charge on any atom is 0.326 e. The van der Waals surface area contributed by atoms with Crippen LogP contribution in [-0.2, 0) is 14.4 Å². The summed E-state index contributed by atoms with van der Waals surface area (Å²) < 4.78 is 0. The van der Waals surface area contributed by atoms with Crippen LogP contribution < -0.4 is 9.77 Å². The van der Waals surface area contributed by atoms with Crippen LogP contribution >= 0.6 is 23.1 Å². The summed E-state index contributed by atoms with van der Waals surface area (Å²) in [6, 6.07) is 7.18. The average molecular weight is 500 g/mol. The minimum absolute atomic E-state index is 0.00690. The van der Waals surface area contributed by atoms with Crippen LogP contribution in [0, 0.1) is 29.6 Å². The number of aliphatic carboxylic acids is 1. The molecule has 1 aromatic carbocycles. The highest BCUT2D eigenvalue weighted by atomic mass is 32.2. The number of carbonyl (C=O) groups excluding carboxylic acids is 2. The molecular formula is C24H25N3O5S2. The third-order valence-corrected chi connectivity index (χ3v) is 10.9. The maximum absolute atomic E-state index is 13.4. The van der Waals surface area contributed by atoms with E-state index >= 15 is 0 Å². The average Bonchev–Trinajstić information content (AvgIpc) is 3.52. The Bertz CT molecular complexity index is 1270. The number of thioether (sulfide) groups is 1.